The summed E-state index contributed by atoms with van der Waals surface area (Å²) >= 11 is 0. The van der Waals surface area contributed by atoms with Gasteiger partial charge in [0, 0.05) is 23.2 Å². The third-order valence-corrected chi connectivity index (χ3v) is 3.37. The van der Waals surface area contributed by atoms with E-state index in [1.165, 1.54) is 6.21 Å². The molecule has 2 aromatic rings. The van der Waals surface area contributed by atoms with Crippen LogP contribution >= 0.6 is 0 Å². The zero-order chi connectivity index (χ0) is 19.6. The van der Waals surface area contributed by atoms with E-state index in [0.717, 1.165) is 0 Å². The van der Waals surface area contributed by atoms with E-state index in [1.54, 1.807) is 55.5 Å². The summed E-state index contributed by atoms with van der Waals surface area (Å²) in [4.78, 5) is 34.2. The average Bonchev–Trinajstić information content (AvgIpc) is 2.67. The van der Waals surface area contributed by atoms with Crippen molar-refractivity contribution < 1.29 is 24.2 Å². The molecule has 2 aromatic carbocycles. The summed E-state index contributed by atoms with van der Waals surface area (Å²) in [5.74, 6) is -1.36. The van der Waals surface area contributed by atoms with Gasteiger partial charge in [-0.2, -0.15) is 5.10 Å². The average molecular weight is 369 g/mol. The van der Waals surface area contributed by atoms with Crippen LogP contribution in [0.25, 0.3) is 0 Å². The molecule has 27 heavy (non-hydrogen) atoms. The number of benzene rings is 2. The van der Waals surface area contributed by atoms with Gasteiger partial charge in [0.15, 0.2) is 6.61 Å². The maximum atomic E-state index is 12.2. The minimum atomic E-state index is -1.09. The van der Waals surface area contributed by atoms with Crippen LogP contribution in [-0.4, -0.2) is 35.7 Å². The topological polar surface area (TPSA) is 117 Å². The number of nitrogens with one attached hydrogen (secondary N) is 2. The molecule has 0 saturated carbocycles. The Morgan fingerprint density at radius 2 is 1.93 bits per heavy atom. The Labute approximate surface area is 155 Å². The molecule has 0 unspecified atom stereocenters. The fourth-order valence-corrected chi connectivity index (χ4v) is 2.07. The highest BCUT2D eigenvalue weighted by Gasteiger charge is 2.07. The number of para-hydroxylation sites is 1. The molecule has 0 bridgehead atoms. The van der Waals surface area contributed by atoms with E-state index in [1.807, 2.05) is 0 Å². The zero-order valence-corrected chi connectivity index (χ0v) is 14.6. The summed E-state index contributed by atoms with van der Waals surface area (Å²) in [5, 5.41) is 15.2. The molecule has 8 nitrogen and oxygen atoms in total. The highest BCUT2D eigenvalue weighted by atomic mass is 16.5. The van der Waals surface area contributed by atoms with E-state index in [-0.39, 0.29) is 5.91 Å². The van der Waals surface area contributed by atoms with Crippen LogP contribution in [0.1, 0.15) is 29.3 Å². The van der Waals surface area contributed by atoms with Crippen molar-refractivity contribution in [3.63, 3.8) is 0 Å². The molecular formula is C19H19N3O5. The Balaban J connectivity index is 2.02. The molecule has 8 heteroatoms. The SMILES string of the molecule is CCC(=O)Nc1cccc(C(=O)NN=Cc2ccccc2OCC(=O)O)c1. The van der Waals surface area contributed by atoms with Gasteiger partial charge in [0.2, 0.25) is 5.91 Å². The summed E-state index contributed by atoms with van der Waals surface area (Å²) in [6.45, 7) is 1.26. The number of rotatable bonds is 8. The summed E-state index contributed by atoms with van der Waals surface area (Å²) in [7, 11) is 0. The van der Waals surface area contributed by atoms with Crippen LogP contribution in [0.15, 0.2) is 53.6 Å². The monoisotopic (exact) mass is 369 g/mol. The minimum Gasteiger partial charge on any atom is -0.481 e. The van der Waals surface area contributed by atoms with Crippen molar-refractivity contribution in [3.8, 4) is 5.75 Å². The number of aliphatic carboxylic acids is 1. The Morgan fingerprint density at radius 3 is 2.67 bits per heavy atom. The second kappa shape index (κ2) is 9.71. The lowest BCUT2D eigenvalue weighted by molar-refractivity contribution is -0.139. The van der Waals surface area contributed by atoms with Crippen molar-refractivity contribution >= 4 is 29.7 Å². The van der Waals surface area contributed by atoms with Crippen LogP contribution in [0.5, 0.6) is 5.75 Å². The second-order valence-electron chi connectivity index (χ2n) is 5.40. The van der Waals surface area contributed by atoms with E-state index in [2.05, 4.69) is 15.8 Å². The smallest absolute Gasteiger partial charge is 0.341 e. The second-order valence-corrected chi connectivity index (χ2v) is 5.40. The van der Waals surface area contributed by atoms with Crippen LogP contribution in [0, 0.1) is 0 Å². The van der Waals surface area contributed by atoms with Crippen molar-refractivity contribution in [2.75, 3.05) is 11.9 Å². The summed E-state index contributed by atoms with van der Waals surface area (Å²) in [6.07, 6.45) is 1.70. The van der Waals surface area contributed by atoms with Crippen molar-refractivity contribution in [2.45, 2.75) is 13.3 Å². The van der Waals surface area contributed by atoms with Crippen LogP contribution in [-0.2, 0) is 9.59 Å². The number of carbonyl (C=O) groups is 3. The number of carbonyl (C=O) groups excluding carboxylic acids is 2. The normalized spacial score (nSPS) is 10.4. The molecule has 0 spiro atoms. The molecule has 3 N–H and O–H groups in total. The number of hydrogen-bond donors (Lipinski definition) is 3. The number of hydrazone groups is 1. The van der Waals surface area contributed by atoms with Crippen molar-refractivity contribution in [1.29, 1.82) is 0 Å². The quantitative estimate of drug-likeness (QED) is 0.487. The minimum absolute atomic E-state index is 0.149. The number of amides is 2. The van der Waals surface area contributed by atoms with Crippen LogP contribution in [0.4, 0.5) is 5.69 Å². The maximum Gasteiger partial charge on any atom is 0.341 e. The summed E-state index contributed by atoms with van der Waals surface area (Å²) < 4.78 is 5.16. The lowest BCUT2D eigenvalue weighted by atomic mass is 10.2. The fraction of sp³-hybridized carbons (Fsp3) is 0.158. The number of carboxylic acids is 1. The van der Waals surface area contributed by atoms with E-state index in [0.29, 0.717) is 29.0 Å². The van der Waals surface area contributed by atoms with E-state index >= 15 is 0 Å². The molecule has 0 aliphatic carbocycles. The van der Waals surface area contributed by atoms with Gasteiger partial charge in [-0.3, -0.25) is 9.59 Å². The molecule has 0 radical (unpaired) electrons. The van der Waals surface area contributed by atoms with E-state index in [4.69, 9.17) is 9.84 Å². The number of ether oxygens (including phenoxy) is 1. The highest BCUT2D eigenvalue weighted by molar-refractivity contribution is 5.97. The lowest BCUT2D eigenvalue weighted by Crippen LogP contribution is -2.18. The predicted octanol–water partition coefficient (Wildman–Crippen LogP) is 2.26. The number of nitrogens with zero attached hydrogens (tertiary/aromatic N) is 1. The van der Waals surface area contributed by atoms with Crippen molar-refractivity contribution in [3.05, 3.63) is 59.7 Å². The Bertz CT molecular complexity index is 864. The highest BCUT2D eigenvalue weighted by Crippen LogP contribution is 2.15. The molecule has 0 aromatic heterocycles. The predicted molar refractivity (Wildman–Crippen MR) is 100.0 cm³/mol. The number of hydrogen-bond acceptors (Lipinski definition) is 5. The Morgan fingerprint density at radius 1 is 1.15 bits per heavy atom. The van der Waals surface area contributed by atoms with E-state index < -0.39 is 18.5 Å². The van der Waals surface area contributed by atoms with Crippen LogP contribution < -0.4 is 15.5 Å². The van der Waals surface area contributed by atoms with Gasteiger partial charge in [-0.05, 0) is 30.3 Å². The van der Waals surface area contributed by atoms with Gasteiger partial charge in [-0.1, -0.05) is 25.1 Å². The van der Waals surface area contributed by atoms with Gasteiger partial charge in [0.05, 0.1) is 6.21 Å². The molecule has 0 aliphatic rings. The first kappa shape index (κ1) is 19.6. The maximum absolute atomic E-state index is 12.2. The summed E-state index contributed by atoms with van der Waals surface area (Å²) in [6, 6.07) is 13.2. The van der Waals surface area contributed by atoms with Gasteiger partial charge in [0.1, 0.15) is 5.75 Å². The summed E-state index contributed by atoms with van der Waals surface area (Å²) in [5.41, 5.74) is 3.75. The largest absolute Gasteiger partial charge is 0.481 e. The molecule has 0 fully saturated rings. The van der Waals surface area contributed by atoms with Crippen molar-refractivity contribution in [1.82, 2.24) is 5.43 Å². The first-order valence-electron chi connectivity index (χ1n) is 8.16. The third kappa shape index (κ3) is 6.28. The van der Waals surface area contributed by atoms with Crippen LogP contribution in [0.3, 0.4) is 0 Å². The van der Waals surface area contributed by atoms with Crippen LogP contribution in [0.2, 0.25) is 0 Å². The molecule has 0 atom stereocenters. The molecule has 2 amide bonds. The Hall–Kier alpha value is -3.68. The standard InChI is InChI=1S/C19H19N3O5/c1-2-17(23)21-15-8-5-7-13(10-15)19(26)22-20-11-14-6-3-4-9-16(14)27-12-18(24)25/h3-11H,2,12H2,1H3,(H,21,23)(H,22,26)(H,24,25). The first-order chi connectivity index (χ1) is 13.0. The molecule has 140 valence electrons. The van der Waals surface area contributed by atoms with E-state index in [9.17, 15) is 14.4 Å². The van der Waals surface area contributed by atoms with Gasteiger partial charge in [-0.15, -0.1) is 0 Å². The number of anilines is 1. The lowest BCUT2D eigenvalue weighted by Gasteiger charge is -2.07. The van der Waals surface area contributed by atoms with Gasteiger partial charge in [-0.25, -0.2) is 10.2 Å². The number of carboxylic acid groups (broad SMARTS) is 1. The third-order valence-electron chi connectivity index (χ3n) is 3.37. The molecular weight excluding hydrogens is 350 g/mol. The molecule has 0 heterocycles. The first-order valence-corrected chi connectivity index (χ1v) is 8.16. The van der Waals surface area contributed by atoms with Gasteiger partial charge >= 0.3 is 5.97 Å². The van der Waals surface area contributed by atoms with Crippen molar-refractivity contribution in [2.24, 2.45) is 5.10 Å². The molecule has 0 aliphatic heterocycles. The molecule has 2 rings (SSSR count). The molecule has 0 saturated heterocycles. The van der Waals surface area contributed by atoms with Gasteiger partial charge in [0.25, 0.3) is 5.91 Å². The zero-order valence-electron chi connectivity index (χ0n) is 14.6. The van der Waals surface area contributed by atoms with Gasteiger partial charge < -0.3 is 15.2 Å². The Kier molecular flexibility index (Phi) is 7.07. The fourth-order valence-electron chi connectivity index (χ4n) is 2.07.